The molecule has 2 fully saturated rings. The minimum atomic E-state index is -4.33. The van der Waals surface area contributed by atoms with Crippen molar-refractivity contribution in [1.82, 2.24) is 19.5 Å². The number of anilines is 1. The molecule has 1 saturated heterocycles. The maximum Gasteiger partial charge on any atom is 0.328 e. The lowest BCUT2D eigenvalue weighted by Gasteiger charge is -2.43. The maximum atomic E-state index is 13.2. The van der Waals surface area contributed by atoms with E-state index in [1.165, 1.54) is 19.8 Å². The van der Waals surface area contributed by atoms with Crippen molar-refractivity contribution >= 4 is 42.9 Å². The molecule has 1 aliphatic heterocycles. The number of fused-ring (bicyclic) bond motifs is 1. The van der Waals surface area contributed by atoms with Crippen molar-refractivity contribution in [2.24, 2.45) is 5.92 Å². The van der Waals surface area contributed by atoms with Gasteiger partial charge < -0.3 is 34.4 Å². The van der Waals surface area contributed by atoms with E-state index in [-0.39, 0.29) is 12.2 Å². The molecule has 1 saturated carbocycles. The van der Waals surface area contributed by atoms with Gasteiger partial charge in [0.15, 0.2) is 17.7 Å². The highest BCUT2D eigenvalue weighted by Crippen LogP contribution is 2.63. The van der Waals surface area contributed by atoms with Crippen LogP contribution in [0.15, 0.2) is 12.7 Å². The molecular formula is C17H26N5O7P2S-. The zero-order chi connectivity index (χ0) is 23.6. The molecule has 15 heteroatoms. The van der Waals surface area contributed by atoms with E-state index in [2.05, 4.69) is 15.0 Å². The van der Waals surface area contributed by atoms with Crippen LogP contribution in [0.4, 0.5) is 5.82 Å². The van der Waals surface area contributed by atoms with Gasteiger partial charge in [-0.05, 0) is 6.42 Å². The number of aromatic nitrogens is 4. The third-order valence-corrected chi connectivity index (χ3v) is 11.4. The van der Waals surface area contributed by atoms with Crippen molar-refractivity contribution in [1.29, 1.82) is 0 Å². The Balaban J connectivity index is 1.74. The molecule has 0 spiro atoms. The molecule has 0 amide bonds. The molecule has 2 aromatic heterocycles. The van der Waals surface area contributed by atoms with Crippen LogP contribution < -0.4 is 10.6 Å². The normalized spacial score (nSPS) is 32.8. The fourth-order valence-corrected chi connectivity index (χ4v) is 6.28. The van der Waals surface area contributed by atoms with E-state index in [4.69, 9.17) is 31.5 Å². The summed E-state index contributed by atoms with van der Waals surface area (Å²) in [6, 6.07) is 0. The largest absolute Gasteiger partial charge is 0.800 e. The van der Waals surface area contributed by atoms with Crippen molar-refractivity contribution in [2.75, 3.05) is 12.8 Å². The van der Waals surface area contributed by atoms with Gasteiger partial charge in [-0.25, -0.2) is 15.0 Å². The van der Waals surface area contributed by atoms with Gasteiger partial charge in [0.05, 0.1) is 18.1 Å². The van der Waals surface area contributed by atoms with Gasteiger partial charge in [0.2, 0.25) is 0 Å². The van der Waals surface area contributed by atoms with Crippen LogP contribution in [0.5, 0.6) is 0 Å². The van der Waals surface area contributed by atoms with Crippen molar-refractivity contribution < 1.29 is 33.2 Å². The third-order valence-electron chi connectivity index (χ3n) is 5.90. The predicted octanol–water partition coefficient (Wildman–Crippen LogP) is 0.741. The Bertz CT molecular complexity index is 1120. The molecular weight excluding hydrogens is 480 g/mol. The fraction of sp³-hybridized carbons (Fsp3) is 0.706. The van der Waals surface area contributed by atoms with E-state index < -0.39 is 55.4 Å². The highest BCUT2D eigenvalue weighted by molar-refractivity contribution is 8.09. The number of methoxy groups -OCH3 is 1. The minimum absolute atomic E-state index is 0.191. The standard InChI is InChI=1S/C17H27N5O7P2S/c1-17(2,3)31(26,32)29-12-11(8-5-9(8)30(23,24)25)28-16(13(12)27-4)22-7-21-10-14(18)19-6-20-15(10)22/h6-9,11-13,16H,5H2,1-4H3,(H,26,32)(H2,18,19,20)(H2,23,24,25)/p-1/t8?,9?,11-,12?,13+,16-,31?/m1/s1. The summed E-state index contributed by atoms with van der Waals surface area (Å²) >= 11 is 5.33. The number of imidazole rings is 1. The van der Waals surface area contributed by atoms with Crippen LogP contribution in [0.2, 0.25) is 0 Å². The van der Waals surface area contributed by atoms with Gasteiger partial charge in [0.1, 0.15) is 24.1 Å². The summed E-state index contributed by atoms with van der Waals surface area (Å²) in [5, 5.41) is -0.834. The van der Waals surface area contributed by atoms with Crippen molar-refractivity contribution in [2.45, 2.75) is 62.5 Å². The van der Waals surface area contributed by atoms with Crippen molar-refractivity contribution in [3.05, 3.63) is 12.7 Å². The first kappa shape index (κ1) is 24.1. The molecule has 0 radical (unpaired) electrons. The molecule has 4 N–H and O–H groups in total. The first-order chi connectivity index (χ1) is 14.8. The highest BCUT2D eigenvalue weighted by atomic mass is 32.5. The van der Waals surface area contributed by atoms with Crippen LogP contribution in [0.1, 0.15) is 33.4 Å². The Hall–Kier alpha value is -1.01. The summed E-state index contributed by atoms with van der Waals surface area (Å²) in [5.74, 6) is -0.315. The second kappa shape index (κ2) is 8.04. The first-order valence-electron chi connectivity index (χ1n) is 9.92. The van der Waals surface area contributed by atoms with Crippen LogP contribution >= 0.6 is 14.1 Å². The minimum Gasteiger partial charge on any atom is -0.800 e. The van der Waals surface area contributed by atoms with E-state index in [9.17, 15) is 19.2 Å². The smallest absolute Gasteiger partial charge is 0.328 e. The molecule has 0 aromatic carbocycles. The Morgan fingerprint density at radius 3 is 2.56 bits per heavy atom. The van der Waals surface area contributed by atoms with Gasteiger partial charge >= 0.3 is 7.60 Å². The lowest BCUT2D eigenvalue weighted by Crippen LogP contribution is -2.40. The third kappa shape index (κ3) is 4.15. The number of hydrogen-bond acceptors (Lipinski definition) is 10. The summed E-state index contributed by atoms with van der Waals surface area (Å²) in [5.41, 5.74) is 5.78. The lowest BCUT2D eigenvalue weighted by molar-refractivity contribution is -0.195. The highest BCUT2D eigenvalue weighted by Gasteiger charge is 2.61. The number of ether oxygens (including phenoxy) is 2. The van der Waals surface area contributed by atoms with Gasteiger partial charge in [-0.2, -0.15) is 0 Å². The Morgan fingerprint density at radius 2 is 2.00 bits per heavy atom. The predicted molar refractivity (Wildman–Crippen MR) is 117 cm³/mol. The molecule has 2 aliphatic rings. The van der Waals surface area contributed by atoms with Crippen molar-refractivity contribution in [3.8, 4) is 0 Å². The lowest BCUT2D eigenvalue weighted by atomic mass is 10.1. The zero-order valence-electron chi connectivity index (χ0n) is 17.9. The van der Waals surface area contributed by atoms with Crippen LogP contribution in [-0.2, 0) is 30.4 Å². The van der Waals surface area contributed by atoms with E-state index in [0.717, 1.165) is 0 Å². The van der Waals surface area contributed by atoms with Gasteiger partial charge in [-0.3, -0.25) is 9.13 Å². The summed E-state index contributed by atoms with van der Waals surface area (Å²) in [6.07, 6.45) is -0.360. The summed E-state index contributed by atoms with van der Waals surface area (Å²) in [4.78, 5) is 44.9. The molecule has 2 aromatic rings. The molecule has 7 atom stereocenters. The summed E-state index contributed by atoms with van der Waals surface area (Å²) < 4.78 is 31.3. The molecule has 1 aliphatic carbocycles. The number of hydrogen-bond donors (Lipinski definition) is 3. The van der Waals surface area contributed by atoms with Gasteiger partial charge in [-0.15, -0.1) is 0 Å². The first-order valence-corrected chi connectivity index (χ1v) is 14.2. The van der Waals surface area contributed by atoms with Crippen LogP contribution in [0.25, 0.3) is 11.2 Å². The molecule has 178 valence electrons. The Labute approximate surface area is 189 Å². The molecule has 3 heterocycles. The number of nitrogens with zero attached hydrogens (tertiary/aromatic N) is 4. The summed E-state index contributed by atoms with van der Waals surface area (Å²) in [6.45, 7) is 1.55. The molecule has 0 bridgehead atoms. The van der Waals surface area contributed by atoms with E-state index >= 15 is 0 Å². The summed E-state index contributed by atoms with van der Waals surface area (Å²) in [7, 11) is -2.88. The topological polar surface area (TPSA) is 178 Å². The molecule has 4 rings (SSSR count). The fourth-order valence-electron chi connectivity index (χ4n) is 3.92. The quantitative estimate of drug-likeness (QED) is 0.469. The van der Waals surface area contributed by atoms with Crippen LogP contribution in [0.3, 0.4) is 0 Å². The van der Waals surface area contributed by atoms with Crippen LogP contribution in [0, 0.1) is 5.92 Å². The van der Waals surface area contributed by atoms with Crippen molar-refractivity contribution in [3.63, 3.8) is 0 Å². The Morgan fingerprint density at radius 1 is 1.31 bits per heavy atom. The number of nitrogens with two attached hydrogens (primary N) is 1. The van der Waals surface area contributed by atoms with E-state index in [0.29, 0.717) is 11.2 Å². The molecule has 32 heavy (non-hydrogen) atoms. The SMILES string of the molecule is CO[C@H]1C(OP([O-])(=S)C(C)(C)C)[C@@H](C2CC2P(=O)(O)O)O[C@H]1n1cnc2c(N)ncnc21. The number of nitrogen functional groups attached to an aromatic ring is 1. The second-order valence-electron chi connectivity index (χ2n) is 9.07. The van der Waals surface area contributed by atoms with Crippen LogP contribution in [-0.4, -0.2) is 65.5 Å². The average molecular weight is 506 g/mol. The van der Waals surface area contributed by atoms with Gasteiger partial charge in [0.25, 0.3) is 0 Å². The van der Waals surface area contributed by atoms with Gasteiger partial charge in [-0.1, -0.05) is 32.6 Å². The zero-order valence-corrected chi connectivity index (χ0v) is 20.5. The Kier molecular flexibility index (Phi) is 6.06. The monoisotopic (exact) mass is 506 g/mol. The molecule has 4 unspecified atom stereocenters. The molecule has 12 nitrogen and oxygen atoms in total. The second-order valence-corrected chi connectivity index (χ2v) is 14.9. The number of rotatable bonds is 6. The van der Waals surface area contributed by atoms with Gasteiger partial charge in [0, 0.05) is 24.7 Å². The average Bonchev–Trinajstić information content (AvgIpc) is 3.24. The van der Waals surface area contributed by atoms with E-state index in [1.807, 2.05) is 0 Å². The maximum absolute atomic E-state index is 13.2. The van der Waals surface area contributed by atoms with E-state index in [1.54, 1.807) is 25.3 Å².